The fourth-order valence-electron chi connectivity index (χ4n) is 8.53. The van der Waals surface area contributed by atoms with Gasteiger partial charge in [0.1, 0.15) is 69.4 Å². The van der Waals surface area contributed by atoms with E-state index in [-0.39, 0.29) is 44.8 Å². The number of rotatable bonds is 20. The topological polar surface area (TPSA) is 173 Å². The predicted octanol–water partition coefficient (Wildman–Crippen LogP) is 10.5. The van der Waals surface area contributed by atoms with E-state index in [9.17, 15) is 26.3 Å². The number of carboxylic acid groups (broad SMARTS) is 2. The van der Waals surface area contributed by atoms with Gasteiger partial charge in [-0.25, -0.2) is 0 Å². The van der Waals surface area contributed by atoms with Crippen LogP contribution in [0.1, 0.15) is 125 Å². The van der Waals surface area contributed by atoms with E-state index in [4.69, 9.17) is 67.2 Å². The van der Waals surface area contributed by atoms with Gasteiger partial charge in [0, 0.05) is 87.7 Å². The molecule has 5 aromatic carbocycles. The molecule has 10 aliphatic rings. The minimum absolute atomic E-state index is 0. The minimum Gasteiger partial charge on any atom is -0.542 e. The predicted molar refractivity (Wildman–Crippen MR) is 280 cm³/mol. The van der Waals surface area contributed by atoms with Crippen molar-refractivity contribution in [1.82, 2.24) is 0 Å². The molecule has 0 saturated heterocycles. The maximum absolute atomic E-state index is 10.5. The second-order valence-electron chi connectivity index (χ2n) is 17.1. The van der Waals surface area contributed by atoms with Crippen LogP contribution in [-0.4, -0.2) is 90.4 Å². The van der Waals surface area contributed by atoms with Gasteiger partial charge < -0.3 is 67.2 Å². The zero-order chi connectivity index (χ0) is 58.5. The summed E-state index contributed by atoms with van der Waals surface area (Å²) in [5.74, 6) is 1.79. The second-order valence-corrected chi connectivity index (χ2v) is 17.1. The van der Waals surface area contributed by atoms with E-state index in [1.807, 2.05) is 69.2 Å². The van der Waals surface area contributed by atoms with Gasteiger partial charge in [-0.05, 0) is 130 Å². The van der Waals surface area contributed by atoms with Crippen molar-refractivity contribution in [3.8, 4) is 57.5 Å². The molecule has 22 heteroatoms. The monoisotopic (exact) mass is 1330 g/mol. The maximum atomic E-state index is 10.5. The molecule has 0 saturated carbocycles. The molecule has 0 spiro atoms. The number of carbonyl (C=O) groups excluding carboxylic acids is 2. The van der Waals surface area contributed by atoms with Crippen molar-refractivity contribution in [2.75, 3.05) is 66.1 Å². The Morgan fingerprint density at radius 2 is 0.383 bits per heavy atom. The normalized spacial score (nSPS) is 11.7. The van der Waals surface area contributed by atoms with Crippen molar-refractivity contribution < 1.29 is 138 Å². The Morgan fingerprint density at radius 1 is 0.296 bits per heavy atom. The number of aliphatic carboxylic acids is 2. The maximum Gasteiger partial charge on any atom is 1.00 e. The largest absolute Gasteiger partial charge is 1.00 e. The summed E-state index contributed by atoms with van der Waals surface area (Å²) in [5, 5.41) is 17.6. The first-order valence-electron chi connectivity index (χ1n) is 26.3. The molecule has 81 heavy (non-hydrogen) atoms. The van der Waals surface area contributed by atoms with Crippen LogP contribution < -0.4 is 57.6 Å². The third-order valence-corrected chi connectivity index (χ3v) is 11.6. The standard InChI is InChI=1S/C55H70O10.2C2HF3O2.2Ag/c1-11-56-46-26-37-22-39-29-51(61-16-6)41(31-50(39)60-15-5)24-43-33-55(65-20-10)45(35-54(43)64-19-9)25-44-34-52(62-17-7)42(32-53(44)63-18-8)23-40-30-48(58-13-3)38(28-49(40)59-14-4)21-36(46)27-47(37)57-12-2;2*3-2(4,5)1(6)7;;/h26-35H,11-25H2,1-10H3;2*(H,6,7);;/q;;;2*+1/p-2. The van der Waals surface area contributed by atoms with Gasteiger partial charge in [0.05, 0.1) is 66.1 Å². The molecule has 5 aromatic rings. The molecule has 0 unspecified atom stereocenters. The Balaban J connectivity index is 0.00000124. The van der Waals surface area contributed by atoms with Crippen LogP contribution in [0.5, 0.6) is 57.5 Å². The van der Waals surface area contributed by atoms with Crippen LogP contribution >= 0.6 is 0 Å². The zero-order valence-corrected chi connectivity index (χ0v) is 49.9. The molecule has 0 aliphatic heterocycles. The van der Waals surface area contributed by atoms with Crippen LogP contribution in [0.25, 0.3) is 0 Å². The van der Waals surface area contributed by atoms with E-state index in [1.54, 1.807) is 0 Å². The van der Waals surface area contributed by atoms with Gasteiger partial charge in [0.2, 0.25) is 0 Å². The van der Waals surface area contributed by atoms with Gasteiger partial charge in [-0.2, -0.15) is 26.3 Å². The number of ether oxygens (including phenoxy) is 10. The Morgan fingerprint density at radius 3 is 0.444 bits per heavy atom. The summed E-state index contributed by atoms with van der Waals surface area (Å²) in [6.07, 6.45) is -7.75. The molecule has 0 fully saturated rings. The zero-order valence-electron chi connectivity index (χ0n) is 47.0. The molecule has 0 radical (unpaired) electrons. The fraction of sp³-hybridized carbons (Fsp3) is 0.458. The molecular formula is C59H70Ag2F6O14. The first kappa shape index (κ1) is 71.2. The molecular weight excluding hydrogens is 1260 g/mol. The molecule has 10 aliphatic carbocycles. The summed E-state index contributed by atoms with van der Waals surface area (Å²) in [6, 6.07) is 21.2. The Bertz CT molecular complexity index is 2240. The Hall–Kier alpha value is -5.90. The molecule has 15 rings (SSSR count). The molecule has 0 amide bonds. The van der Waals surface area contributed by atoms with E-state index in [0.29, 0.717) is 98.2 Å². The SMILES string of the molecule is CCOc1cc2c(OCC)cc1Cc1cc(OCC)c(cc1OCC)Cc1cc(OCC)c(cc1OCC)Cc1cc(OCC)c(cc1OCC)Cc1cc(OCC)c(cc1OCC)C2.O=C([O-])C(F)(F)F.O=C([O-])C(F)(F)F.[Ag+].[Ag+]. The van der Waals surface area contributed by atoms with Gasteiger partial charge in [0.15, 0.2) is 0 Å². The Labute approximate surface area is 501 Å². The molecule has 14 nitrogen and oxygen atoms in total. The molecule has 0 aromatic heterocycles. The smallest absolute Gasteiger partial charge is 0.542 e. The van der Waals surface area contributed by atoms with Crippen molar-refractivity contribution >= 4 is 11.9 Å². The van der Waals surface area contributed by atoms with E-state index in [1.165, 1.54) is 0 Å². The Kier molecular flexibility index (Phi) is 30.3. The van der Waals surface area contributed by atoms with Crippen molar-refractivity contribution in [1.29, 1.82) is 0 Å². The van der Waals surface area contributed by atoms with E-state index >= 15 is 0 Å². The number of carbonyl (C=O) groups is 2. The first-order valence-corrected chi connectivity index (χ1v) is 26.3. The summed E-state index contributed by atoms with van der Waals surface area (Å²) in [5.41, 5.74) is 9.81. The van der Waals surface area contributed by atoms with Gasteiger partial charge in [-0.15, -0.1) is 0 Å². The fourth-order valence-corrected chi connectivity index (χ4v) is 8.53. The second kappa shape index (κ2) is 34.5. The average Bonchev–Trinajstić information content (AvgIpc) is 3.37. The molecule has 0 N–H and O–H groups in total. The van der Waals surface area contributed by atoms with Crippen LogP contribution in [0.2, 0.25) is 0 Å². The summed E-state index contributed by atoms with van der Waals surface area (Å²) < 4.78 is 127. The molecule has 454 valence electrons. The third-order valence-electron chi connectivity index (χ3n) is 11.6. The average molecular weight is 1330 g/mol. The minimum atomic E-state index is -5.19. The molecule has 10 bridgehead atoms. The van der Waals surface area contributed by atoms with E-state index in [0.717, 1.165) is 113 Å². The van der Waals surface area contributed by atoms with E-state index < -0.39 is 24.3 Å². The van der Waals surface area contributed by atoms with Gasteiger partial charge >= 0.3 is 57.1 Å². The van der Waals surface area contributed by atoms with Crippen LogP contribution in [0.4, 0.5) is 26.3 Å². The number of carboxylic acids is 2. The van der Waals surface area contributed by atoms with E-state index in [2.05, 4.69) is 60.7 Å². The summed E-state index contributed by atoms with van der Waals surface area (Å²) in [7, 11) is 0. The number of benzene rings is 5. The number of alkyl halides is 6. The summed E-state index contributed by atoms with van der Waals surface area (Å²) in [4.78, 5) is 17.6. The van der Waals surface area contributed by atoms with Crippen LogP contribution in [-0.2, 0) is 86.5 Å². The molecule has 0 heterocycles. The van der Waals surface area contributed by atoms with Crippen molar-refractivity contribution in [3.63, 3.8) is 0 Å². The summed E-state index contributed by atoms with van der Waals surface area (Å²) >= 11 is 0. The van der Waals surface area contributed by atoms with Gasteiger partial charge in [0.25, 0.3) is 0 Å². The van der Waals surface area contributed by atoms with Gasteiger partial charge in [-0.1, -0.05) is 0 Å². The molecule has 0 atom stereocenters. The van der Waals surface area contributed by atoms with Crippen LogP contribution in [0.15, 0.2) is 60.7 Å². The number of hydrogen-bond acceptors (Lipinski definition) is 14. The van der Waals surface area contributed by atoms with Crippen molar-refractivity contribution in [3.05, 3.63) is 116 Å². The van der Waals surface area contributed by atoms with Crippen LogP contribution in [0, 0.1) is 0 Å². The number of hydrogen-bond donors (Lipinski definition) is 0. The van der Waals surface area contributed by atoms with Crippen molar-refractivity contribution in [2.24, 2.45) is 0 Å². The van der Waals surface area contributed by atoms with Gasteiger partial charge in [-0.3, -0.25) is 0 Å². The quantitative estimate of drug-likeness (QED) is 0.0522. The summed E-state index contributed by atoms with van der Waals surface area (Å²) in [6.45, 7) is 25.1. The van der Waals surface area contributed by atoms with Crippen LogP contribution in [0.3, 0.4) is 0 Å². The third kappa shape index (κ3) is 20.8. The first-order chi connectivity index (χ1) is 37.6. The van der Waals surface area contributed by atoms with Crippen molar-refractivity contribution in [2.45, 2.75) is 114 Å². The number of halogens is 6.